The van der Waals surface area contributed by atoms with E-state index in [0.29, 0.717) is 13.0 Å². The summed E-state index contributed by atoms with van der Waals surface area (Å²) in [6.07, 6.45) is 0.240. The van der Waals surface area contributed by atoms with E-state index in [1.54, 1.807) is 7.11 Å². The van der Waals surface area contributed by atoms with Gasteiger partial charge in [0.1, 0.15) is 5.75 Å². The van der Waals surface area contributed by atoms with Crippen molar-refractivity contribution in [2.45, 2.75) is 40.2 Å². The Bertz CT molecular complexity index is 1350. The number of hydrogen-bond donors (Lipinski definition) is 2. The average Bonchev–Trinajstić information content (AvgIpc) is 2.78. The van der Waals surface area contributed by atoms with Crippen LogP contribution in [0.5, 0.6) is 5.75 Å². The third kappa shape index (κ3) is 5.22. The molecule has 0 saturated heterocycles. The first-order valence-electron chi connectivity index (χ1n) is 11.5. The molecule has 1 amide bonds. The van der Waals surface area contributed by atoms with E-state index >= 15 is 0 Å². The number of anilines is 2. The fourth-order valence-electron chi connectivity index (χ4n) is 4.03. The molecule has 1 heterocycles. The summed E-state index contributed by atoms with van der Waals surface area (Å²) >= 11 is 0. The standard InChI is InChI=1S/C28H31N3O3/c1-17(2)29-28(32)34-12-11-20-7-6-8-21(15-20)30-27-22-10-9-18(3)13-24(22)31-25-14-19(4)26(33-5)16-23(25)27/h6-10,13-17H,11-12H2,1-5H3,(H,29,32)(H,30,31). The van der Waals surface area contributed by atoms with E-state index < -0.39 is 6.09 Å². The van der Waals surface area contributed by atoms with E-state index in [-0.39, 0.29) is 6.04 Å². The Hall–Kier alpha value is -3.80. The number of nitrogens with zero attached hydrogens (tertiary/aromatic N) is 1. The number of pyridine rings is 1. The van der Waals surface area contributed by atoms with Crippen LogP contribution in [0.3, 0.4) is 0 Å². The van der Waals surface area contributed by atoms with Gasteiger partial charge in [-0.05, 0) is 74.7 Å². The van der Waals surface area contributed by atoms with E-state index in [0.717, 1.165) is 50.1 Å². The smallest absolute Gasteiger partial charge is 0.407 e. The zero-order valence-corrected chi connectivity index (χ0v) is 20.4. The molecule has 6 heteroatoms. The number of rotatable bonds is 7. The minimum absolute atomic E-state index is 0.0521. The second-order valence-corrected chi connectivity index (χ2v) is 8.86. The number of alkyl carbamates (subject to hydrolysis) is 1. The Morgan fingerprint density at radius 3 is 2.56 bits per heavy atom. The summed E-state index contributed by atoms with van der Waals surface area (Å²) in [5.41, 5.74) is 7.10. The molecule has 4 aromatic rings. The quantitative estimate of drug-likeness (QED) is 0.313. The molecule has 0 aliphatic rings. The summed E-state index contributed by atoms with van der Waals surface area (Å²) in [7, 11) is 1.69. The molecular formula is C28H31N3O3. The number of fused-ring (bicyclic) bond motifs is 2. The first kappa shape index (κ1) is 23.4. The summed E-state index contributed by atoms with van der Waals surface area (Å²) in [5.74, 6) is 0.828. The van der Waals surface area contributed by atoms with Crippen LogP contribution >= 0.6 is 0 Å². The first-order valence-corrected chi connectivity index (χ1v) is 11.5. The molecule has 0 unspecified atom stereocenters. The second kappa shape index (κ2) is 10.00. The van der Waals surface area contributed by atoms with Gasteiger partial charge < -0.3 is 20.1 Å². The topological polar surface area (TPSA) is 72.5 Å². The molecule has 0 aliphatic heterocycles. The van der Waals surface area contributed by atoms with Crippen LogP contribution in [0.25, 0.3) is 21.8 Å². The highest BCUT2D eigenvalue weighted by Crippen LogP contribution is 2.36. The molecule has 34 heavy (non-hydrogen) atoms. The molecule has 0 bridgehead atoms. The van der Waals surface area contributed by atoms with Crippen molar-refractivity contribution in [2.75, 3.05) is 19.0 Å². The van der Waals surface area contributed by atoms with Gasteiger partial charge in [0, 0.05) is 28.9 Å². The predicted molar refractivity (Wildman–Crippen MR) is 138 cm³/mol. The van der Waals surface area contributed by atoms with Gasteiger partial charge in [-0.15, -0.1) is 0 Å². The molecule has 0 fully saturated rings. The molecule has 1 aromatic heterocycles. The minimum Gasteiger partial charge on any atom is -0.496 e. The van der Waals surface area contributed by atoms with Gasteiger partial charge in [-0.25, -0.2) is 9.78 Å². The van der Waals surface area contributed by atoms with Crippen LogP contribution in [0.15, 0.2) is 54.6 Å². The molecule has 0 radical (unpaired) electrons. The predicted octanol–water partition coefficient (Wildman–Crippen LogP) is 6.43. The lowest BCUT2D eigenvalue weighted by Crippen LogP contribution is -2.31. The Kier molecular flexibility index (Phi) is 6.87. The van der Waals surface area contributed by atoms with Crippen molar-refractivity contribution in [1.29, 1.82) is 0 Å². The van der Waals surface area contributed by atoms with Crippen LogP contribution in [0.1, 0.15) is 30.5 Å². The molecule has 4 rings (SSSR count). The van der Waals surface area contributed by atoms with Gasteiger partial charge in [0.2, 0.25) is 0 Å². The normalized spacial score (nSPS) is 11.1. The van der Waals surface area contributed by atoms with Gasteiger partial charge >= 0.3 is 6.09 Å². The number of aryl methyl sites for hydroxylation is 2. The van der Waals surface area contributed by atoms with Crippen LogP contribution < -0.4 is 15.4 Å². The number of carbonyl (C=O) groups is 1. The minimum atomic E-state index is -0.390. The zero-order valence-electron chi connectivity index (χ0n) is 20.4. The SMILES string of the molecule is COc1cc2c(Nc3cccc(CCOC(=O)NC(C)C)c3)c3ccc(C)cc3nc2cc1C. The summed E-state index contributed by atoms with van der Waals surface area (Å²) in [6, 6.07) is 18.6. The lowest BCUT2D eigenvalue weighted by atomic mass is 10.0. The lowest BCUT2D eigenvalue weighted by molar-refractivity contribution is 0.145. The number of nitrogens with one attached hydrogen (secondary N) is 2. The third-order valence-electron chi connectivity index (χ3n) is 5.67. The van der Waals surface area contributed by atoms with E-state index in [4.69, 9.17) is 14.5 Å². The molecule has 6 nitrogen and oxygen atoms in total. The summed E-state index contributed by atoms with van der Waals surface area (Å²) < 4.78 is 10.9. The van der Waals surface area contributed by atoms with Gasteiger partial charge in [0.05, 0.1) is 30.4 Å². The molecule has 0 atom stereocenters. The zero-order chi connectivity index (χ0) is 24.2. The number of aromatic nitrogens is 1. The second-order valence-electron chi connectivity index (χ2n) is 8.86. The van der Waals surface area contributed by atoms with Gasteiger partial charge in [0.15, 0.2) is 0 Å². The van der Waals surface area contributed by atoms with Crippen molar-refractivity contribution < 1.29 is 14.3 Å². The average molecular weight is 458 g/mol. The molecule has 0 aliphatic carbocycles. The van der Waals surface area contributed by atoms with Crippen molar-refractivity contribution in [3.05, 3.63) is 71.3 Å². The first-order chi connectivity index (χ1) is 16.3. The molecule has 0 spiro atoms. The van der Waals surface area contributed by atoms with E-state index in [1.807, 2.05) is 45.0 Å². The Balaban J connectivity index is 1.67. The van der Waals surface area contributed by atoms with Crippen molar-refractivity contribution >= 4 is 39.3 Å². The number of methoxy groups -OCH3 is 1. The lowest BCUT2D eigenvalue weighted by Gasteiger charge is -2.16. The molecule has 2 N–H and O–H groups in total. The van der Waals surface area contributed by atoms with Crippen LogP contribution in [0.2, 0.25) is 0 Å². The summed E-state index contributed by atoms with van der Waals surface area (Å²) in [5, 5.41) is 8.41. The van der Waals surface area contributed by atoms with E-state index in [9.17, 15) is 4.79 Å². The molecule has 0 saturated carbocycles. The Morgan fingerprint density at radius 1 is 1.00 bits per heavy atom. The maximum Gasteiger partial charge on any atom is 0.407 e. The number of hydrogen-bond acceptors (Lipinski definition) is 5. The molecular weight excluding hydrogens is 426 g/mol. The number of amides is 1. The molecule has 3 aromatic carbocycles. The highest BCUT2D eigenvalue weighted by Gasteiger charge is 2.13. The van der Waals surface area contributed by atoms with E-state index in [2.05, 4.69) is 47.9 Å². The van der Waals surface area contributed by atoms with Gasteiger partial charge in [0.25, 0.3) is 0 Å². The van der Waals surface area contributed by atoms with Crippen LogP contribution in [-0.2, 0) is 11.2 Å². The maximum absolute atomic E-state index is 11.7. The number of ether oxygens (including phenoxy) is 2. The Labute approximate surface area is 200 Å². The summed E-state index contributed by atoms with van der Waals surface area (Å²) in [4.78, 5) is 16.7. The van der Waals surface area contributed by atoms with Crippen molar-refractivity contribution in [3.8, 4) is 5.75 Å². The fourth-order valence-corrected chi connectivity index (χ4v) is 4.03. The van der Waals surface area contributed by atoms with Gasteiger partial charge in [-0.1, -0.05) is 24.3 Å². The van der Waals surface area contributed by atoms with Gasteiger partial charge in [-0.2, -0.15) is 0 Å². The van der Waals surface area contributed by atoms with Crippen LogP contribution in [-0.4, -0.2) is 30.8 Å². The number of benzene rings is 3. The van der Waals surface area contributed by atoms with Crippen LogP contribution in [0, 0.1) is 13.8 Å². The van der Waals surface area contributed by atoms with E-state index in [1.165, 1.54) is 5.56 Å². The fraction of sp³-hybridized carbons (Fsp3) is 0.286. The van der Waals surface area contributed by atoms with Gasteiger partial charge in [-0.3, -0.25) is 0 Å². The van der Waals surface area contributed by atoms with Crippen molar-refractivity contribution in [1.82, 2.24) is 10.3 Å². The van der Waals surface area contributed by atoms with Crippen molar-refractivity contribution in [2.24, 2.45) is 0 Å². The summed E-state index contributed by atoms with van der Waals surface area (Å²) in [6.45, 7) is 8.23. The highest BCUT2D eigenvalue weighted by molar-refractivity contribution is 6.09. The largest absolute Gasteiger partial charge is 0.496 e. The molecule has 176 valence electrons. The monoisotopic (exact) mass is 457 g/mol. The number of carbonyl (C=O) groups excluding carboxylic acids is 1. The highest BCUT2D eigenvalue weighted by atomic mass is 16.5. The Morgan fingerprint density at radius 2 is 1.79 bits per heavy atom. The third-order valence-corrected chi connectivity index (χ3v) is 5.67. The van der Waals surface area contributed by atoms with Crippen LogP contribution in [0.4, 0.5) is 16.2 Å². The van der Waals surface area contributed by atoms with Crippen molar-refractivity contribution in [3.63, 3.8) is 0 Å². The maximum atomic E-state index is 11.7.